The van der Waals surface area contributed by atoms with E-state index in [2.05, 4.69) is 15.1 Å². The van der Waals surface area contributed by atoms with Gasteiger partial charge in [-0.15, -0.1) is 10.2 Å². The zero-order valence-electron chi connectivity index (χ0n) is 12.5. The molecule has 0 aliphatic heterocycles. The van der Waals surface area contributed by atoms with Gasteiger partial charge in [0.2, 0.25) is 11.8 Å². The summed E-state index contributed by atoms with van der Waals surface area (Å²) in [5, 5.41) is 9.59. The van der Waals surface area contributed by atoms with Crippen LogP contribution in [0.1, 0.15) is 11.5 Å². The molecular formula is C17H15Cl2N3O. The highest BCUT2D eigenvalue weighted by atomic mass is 35.5. The Morgan fingerprint density at radius 1 is 0.957 bits per heavy atom. The Balaban J connectivity index is 1.65. The molecule has 6 heteroatoms. The van der Waals surface area contributed by atoms with Gasteiger partial charge in [0, 0.05) is 22.2 Å². The van der Waals surface area contributed by atoms with Crippen LogP contribution in [-0.2, 0) is 13.1 Å². The normalized spacial score (nSPS) is 11.1. The van der Waals surface area contributed by atoms with Crippen molar-refractivity contribution in [2.24, 2.45) is 0 Å². The zero-order chi connectivity index (χ0) is 16.2. The van der Waals surface area contributed by atoms with Crippen molar-refractivity contribution >= 4 is 23.2 Å². The van der Waals surface area contributed by atoms with E-state index in [0.717, 1.165) is 22.7 Å². The molecule has 0 aliphatic rings. The van der Waals surface area contributed by atoms with Crippen LogP contribution in [-0.4, -0.2) is 22.1 Å². The second-order valence-corrected chi connectivity index (χ2v) is 6.18. The third kappa shape index (κ3) is 4.32. The van der Waals surface area contributed by atoms with Crippen molar-refractivity contribution in [3.05, 3.63) is 70.0 Å². The Morgan fingerprint density at radius 3 is 2.48 bits per heavy atom. The minimum absolute atomic E-state index is 0.493. The fourth-order valence-corrected chi connectivity index (χ4v) is 2.60. The highest BCUT2D eigenvalue weighted by Crippen LogP contribution is 2.21. The average molecular weight is 348 g/mol. The van der Waals surface area contributed by atoms with E-state index in [1.165, 1.54) is 0 Å². The Morgan fingerprint density at radius 2 is 1.74 bits per heavy atom. The van der Waals surface area contributed by atoms with Crippen LogP contribution in [0, 0.1) is 0 Å². The van der Waals surface area contributed by atoms with E-state index < -0.39 is 0 Å². The van der Waals surface area contributed by atoms with Crippen LogP contribution in [0.15, 0.2) is 52.9 Å². The molecule has 0 aliphatic carbocycles. The summed E-state index contributed by atoms with van der Waals surface area (Å²) in [6.07, 6.45) is 0. The molecule has 3 rings (SSSR count). The maximum atomic E-state index is 6.00. The quantitative estimate of drug-likeness (QED) is 0.672. The molecule has 0 atom stereocenters. The largest absolute Gasteiger partial charge is 0.419 e. The van der Waals surface area contributed by atoms with Crippen molar-refractivity contribution in [3.63, 3.8) is 0 Å². The van der Waals surface area contributed by atoms with Gasteiger partial charge in [-0.05, 0) is 49.0 Å². The lowest BCUT2D eigenvalue weighted by molar-refractivity contribution is 0.283. The first kappa shape index (κ1) is 16.0. The summed E-state index contributed by atoms with van der Waals surface area (Å²) in [4.78, 5) is 2.09. The first-order valence-electron chi connectivity index (χ1n) is 7.11. The third-order valence-corrected chi connectivity index (χ3v) is 3.79. The summed E-state index contributed by atoms with van der Waals surface area (Å²) < 4.78 is 5.71. The minimum atomic E-state index is 0.493. The number of rotatable bonds is 5. The lowest BCUT2D eigenvalue weighted by Crippen LogP contribution is -2.17. The number of aromatic nitrogens is 2. The van der Waals surface area contributed by atoms with Gasteiger partial charge < -0.3 is 4.42 Å². The summed E-state index contributed by atoms with van der Waals surface area (Å²) in [6.45, 7) is 1.31. The van der Waals surface area contributed by atoms with E-state index in [-0.39, 0.29) is 0 Å². The molecule has 23 heavy (non-hydrogen) atoms. The summed E-state index contributed by atoms with van der Waals surface area (Å²) in [5.41, 5.74) is 1.99. The van der Waals surface area contributed by atoms with Crippen molar-refractivity contribution < 1.29 is 4.42 Å². The Bertz CT molecular complexity index is 787. The molecule has 2 aromatic carbocycles. The van der Waals surface area contributed by atoms with Crippen molar-refractivity contribution in [1.29, 1.82) is 0 Å². The maximum absolute atomic E-state index is 6.00. The van der Waals surface area contributed by atoms with Crippen LogP contribution in [0.25, 0.3) is 11.5 Å². The van der Waals surface area contributed by atoms with E-state index >= 15 is 0 Å². The van der Waals surface area contributed by atoms with E-state index in [1.54, 1.807) is 12.1 Å². The van der Waals surface area contributed by atoms with Gasteiger partial charge in [-0.2, -0.15) is 0 Å². The van der Waals surface area contributed by atoms with Crippen molar-refractivity contribution in [1.82, 2.24) is 15.1 Å². The van der Waals surface area contributed by atoms with Gasteiger partial charge >= 0.3 is 0 Å². The summed E-state index contributed by atoms with van der Waals surface area (Å²) >= 11 is 11.9. The Kier molecular flexibility index (Phi) is 4.96. The van der Waals surface area contributed by atoms with E-state index in [9.17, 15) is 0 Å². The highest BCUT2D eigenvalue weighted by Gasteiger charge is 2.11. The molecule has 0 unspecified atom stereocenters. The SMILES string of the molecule is CN(Cc1cccc(Cl)c1)Cc1nnc(-c2ccc(Cl)cc2)o1. The zero-order valence-corrected chi connectivity index (χ0v) is 14.1. The Labute approximate surface area is 144 Å². The first-order valence-corrected chi connectivity index (χ1v) is 7.87. The second-order valence-electron chi connectivity index (χ2n) is 5.31. The molecule has 4 nitrogen and oxygen atoms in total. The molecule has 1 heterocycles. The third-order valence-electron chi connectivity index (χ3n) is 3.30. The lowest BCUT2D eigenvalue weighted by Gasteiger charge is -2.14. The molecule has 0 radical (unpaired) electrons. The fourth-order valence-electron chi connectivity index (χ4n) is 2.26. The van der Waals surface area contributed by atoms with Crippen LogP contribution in [0.3, 0.4) is 0 Å². The molecule has 0 saturated heterocycles. The van der Waals surface area contributed by atoms with E-state index in [4.69, 9.17) is 27.6 Å². The van der Waals surface area contributed by atoms with Crippen LogP contribution in [0.5, 0.6) is 0 Å². The molecule has 0 saturated carbocycles. The average Bonchev–Trinajstić information content (AvgIpc) is 2.96. The lowest BCUT2D eigenvalue weighted by atomic mass is 10.2. The molecule has 0 fully saturated rings. The molecule has 3 aromatic rings. The number of nitrogens with zero attached hydrogens (tertiary/aromatic N) is 3. The summed E-state index contributed by atoms with van der Waals surface area (Å²) in [6, 6.07) is 15.1. The highest BCUT2D eigenvalue weighted by molar-refractivity contribution is 6.30. The predicted octanol–water partition coefficient (Wildman–Crippen LogP) is 4.68. The van der Waals surface area contributed by atoms with Gasteiger partial charge in [-0.1, -0.05) is 35.3 Å². The van der Waals surface area contributed by atoms with Crippen molar-refractivity contribution in [2.75, 3.05) is 7.05 Å². The Hall–Kier alpha value is -1.88. The van der Waals surface area contributed by atoms with E-state index in [0.29, 0.717) is 23.3 Å². The number of benzene rings is 2. The molecule has 0 amide bonds. The van der Waals surface area contributed by atoms with Crippen molar-refractivity contribution in [3.8, 4) is 11.5 Å². The van der Waals surface area contributed by atoms with Gasteiger partial charge in [-0.3, -0.25) is 4.90 Å². The van der Waals surface area contributed by atoms with Crippen LogP contribution < -0.4 is 0 Å². The summed E-state index contributed by atoms with van der Waals surface area (Å²) in [7, 11) is 1.99. The first-order chi connectivity index (χ1) is 11.1. The molecule has 118 valence electrons. The minimum Gasteiger partial charge on any atom is -0.419 e. The fraction of sp³-hybridized carbons (Fsp3) is 0.176. The van der Waals surface area contributed by atoms with Crippen molar-refractivity contribution in [2.45, 2.75) is 13.1 Å². The summed E-state index contributed by atoms with van der Waals surface area (Å²) in [5.74, 6) is 1.06. The monoisotopic (exact) mass is 347 g/mol. The van der Waals surface area contributed by atoms with E-state index in [1.807, 2.05) is 43.4 Å². The van der Waals surface area contributed by atoms with Gasteiger partial charge in [0.25, 0.3) is 0 Å². The van der Waals surface area contributed by atoms with Crippen LogP contribution >= 0.6 is 23.2 Å². The number of hydrogen-bond donors (Lipinski definition) is 0. The molecule has 1 aromatic heterocycles. The predicted molar refractivity (Wildman–Crippen MR) is 91.4 cm³/mol. The number of hydrogen-bond acceptors (Lipinski definition) is 4. The number of halogens is 2. The van der Waals surface area contributed by atoms with Crippen LogP contribution in [0.2, 0.25) is 10.0 Å². The smallest absolute Gasteiger partial charge is 0.247 e. The maximum Gasteiger partial charge on any atom is 0.247 e. The molecule has 0 spiro atoms. The van der Waals surface area contributed by atoms with Gasteiger partial charge in [0.05, 0.1) is 6.54 Å². The molecule has 0 bridgehead atoms. The standard InChI is InChI=1S/C17H15Cl2N3O/c1-22(10-12-3-2-4-15(19)9-12)11-16-20-21-17(23-16)13-5-7-14(18)8-6-13/h2-9H,10-11H2,1H3. The van der Waals surface area contributed by atoms with Crippen LogP contribution in [0.4, 0.5) is 0 Å². The van der Waals surface area contributed by atoms with Gasteiger partial charge in [0.15, 0.2) is 0 Å². The molecule has 0 N–H and O–H groups in total. The second kappa shape index (κ2) is 7.13. The topological polar surface area (TPSA) is 42.2 Å². The van der Waals surface area contributed by atoms with Gasteiger partial charge in [0.1, 0.15) is 0 Å². The molecular weight excluding hydrogens is 333 g/mol. The van der Waals surface area contributed by atoms with Gasteiger partial charge in [-0.25, -0.2) is 0 Å².